The summed E-state index contributed by atoms with van der Waals surface area (Å²) in [5.74, 6) is 0.0673. The number of rotatable bonds is 8. The topological polar surface area (TPSA) is 61.4 Å². The zero-order chi connectivity index (χ0) is 13.2. The van der Waals surface area contributed by atoms with Gasteiger partial charge in [0, 0.05) is 26.1 Å². The molecule has 100 valence electrons. The molecule has 1 aromatic rings. The molecule has 18 heavy (non-hydrogen) atoms. The number of aliphatic hydroxyl groups excluding tert-OH is 1. The molecular weight excluding hydrogens is 228 g/mol. The van der Waals surface area contributed by atoms with Gasteiger partial charge in [-0.3, -0.25) is 4.79 Å². The van der Waals surface area contributed by atoms with Crippen LogP contribution in [-0.4, -0.2) is 36.8 Å². The minimum absolute atomic E-state index is 0.0673. The second-order valence-electron chi connectivity index (χ2n) is 4.39. The Morgan fingerprint density at radius 3 is 2.67 bits per heavy atom. The highest BCUT2D eigenvalue weighted by Crippen LogP contribution is 2.01. The lowest BCUT2D eigenvalue weighted by atomic mass is 10.1. The summed E-state index contributed by atoms with van der Waals surface area (Å²) in [6.45, 7) is 3.56. The largest absolute Gasteiger partial charge is 0.392 e. The first-order valence-corrected chi connectivity index (χ1v) is 6.38. The molecule has 1 rings (SSSR count). The molecule has 3 N–H and O–H groups in total. The van der Waals surface area contributed by atoms with E-state index in [2.05, 4.69) is 10.6 Å². The van der Waals surface area contributed by atoms with Crippen LogP contribution < -0.4 is 10.6 Å². The zero-order valence-corrected chi connectivity index (χ0v) is 10.9. The van der Waals surface area contributed by atoms with Gasteiger partial charge in [-0.05, 0) is 18.9 Å². The number of carbonyl (C=O) groups is 1. The maximum atomic E-state index is 11.5. The van der Waals surface area contributed by atoms with Gasteiger partial charge in [0.15, 0.2) is 0 Å². The van der Waals surface area contributed by atoms with Crippen molar-refractivity contribution in [2.24, 2.45) is 0 Å². The number of aliphatic hydroxyl groups is 1. The predicted molar refractivity (Wildman–Crippen MR) is 72.3 cm³/mol. The van der Waals surface area contributed by atoms with Crippen LogP contribution in [0, 0.1) is 0 Å². The SMILES string of the molecule is CC(O)CNCCNC(=O)CCc1ccccc1. The van der Waals surface area contributed by atoms with Gasteiger partial charge in [0.1, 0.15) is 0 Å². The van der Waals surface area contributed by atoms with E-state index in [1.54, 1.807) is 6.92 Å². The van der Waals surface area contributed by atoms with Gasteiger partial charge in [0.2, 0.25) is 5.91 Å². The summed E-state index contributed by atoms with van der Waals surface area (Å²) in [6, 6.07) is 9.98. The monoisotopic (exact) mass is 250 g/mol. The van der Waals surface area contributed by atoms with Crippen molar-refractivity contribution in [3.8, 4) is 0 Å². The highest BCUT2D eigenvalue weighted by Gasteiger charge is 2.01. The molecule has 4 heteroatoms. The van der Waals surface area contributed by atoms with Gasteiger partial charge in [-0.15, -0.1) is 0 Å². The van der Waals surface area contributed by atoms with Crippen molar-refractivity contribution in [2.45, 2.75) is 25.9 Å². The molecule has 0 heterocycles. The summed E-state index contributed by atoms with van der Waals surface area (Å²) in [4.78, 5) is 11.5. The van der Waals surface area contributed by atoms with Crippen LogP contribution in [0.3, 0.4) is 0 Å². The molecule has 0 spiro atoms. The van der Waals surface area contributed by atoms with Crippen molar-refractivity contribution in [1.82, 2.24) is 10.6 Å². The van der Waals surface area contributed by atoms with Crippen LogP contribution in [0.4, 0.5) is 0 Å². The van der Waals surface area contributed by atoms with Gasteiger partial charge in [-0.2, -0.15) is 0 Å². The molecule has 0 fully saturated rings. The van der Waals surface area contributed by atoms with E-state index in [-0.39, 0.29) is 12.0 Å². The second kappa shape index (κ2) is 8.66. The molecule has 0 saturated carbocycles. The normalized spacial score (nSPS) is 12.1. The molecule has 0 aliphatic rings. The van der Waals surface area contributed by atoms with Gasteiger partial charge in [-0.25, -0.2) is 0 Å². The van der Waals surface area contributed by atoms with E-state index in [0.29, 0.717) is 26.1 Å². The lowest BCUT2D eigenvalue weighted by Gasteiger charge is -2.08. The third-order valence-corrected chi connectivity index (χ3v) is 2.55. The van der Waals surface area contributed by atoms with Gasteiger partial charge in [-0.1, -0.05) is 30.3 Å². The molecule has 1 unspecified atom stereocenters. The molecule has 0 radical (unpaired) electrons. The van der Waals surface area contributed by atoms with Crippen LogP contribution in [-0.2, 0) is 11.2 Å². The van der Waals surface area contributed by atoms with Crippen molar-refractivity contribution in [2.75, 3.05) is 19.6 Å². The Morgan fingerprint density at radius 1 is 1.28 bits per heavy atom. The average Bonchev–Trinajstić information content (AvgIpc) is 2.37. The quantitative estimate of drug-likeness (QED) is 0.595. The first-order chi connectivity index (χ1) is 8.68. The molecule has 0 aliphatic heterocycles. The Kier molecular flexibility index (Phi) is 7.06. The molecule has 1 aromatic carbocycles. The van der Waals surface area contributed by atoms with Crippen LogP contribution in [0.25, 0.3) is 0 Å². The van der Waals surface area contributed by atoms with Crippen molar-refractivity contribution < 1.29 is 9.90 Å². The Bertz CT molecular complexity index is 339. The minimum Gasteiger partial charge on any atom is -0.392 e. The van der Waals surface area contributed by atoms with Gasteiger partial charge < -0.3 is 15.7 Å². The van der Waals surface area contributed by atoms with Crippen LogP contribution >= 0.6 is 0 Å². The van der Waals surface area contributed by atoms with E-state index in [1.807, 2.05) is 30.3 Å². The number of hydrogen-bond acceptors (Lipinski definition) is 3. The third-order valence-electron chi connectivity index (χ3n) is 2.55. The summed E-state index contributed by atoms with van der Waals surface area (Å²) in [5, 5.41) is 14.9. The standard InChI is InChI=1S/C14H22N2O2/c1-12(17)11-15-9-10-16-14(18)8-7-13-5-3-2-4-6-13/h2-6,12,15,17H,7-11H2,1H3,(H,16,18). The van der Waals surface area contributed by atoms with Crippen LogP contribution in [0.15, 0.2) is 30.3 Å². The first-order valence-electron chi connectivity index (χ1n) is 6.38. The third kappa shape index (κ3) is 7.04. The average molecular weight is 250 g/mol. The Balaban J connectivity index is 2.04. The van der Waals surface area contributed by atoms with E-state index in [4.69, 9.17) is 5.11 Å². The maximum absolute atomic E-state index is 11.5. The molecular formula is C14H22N2O2. The first kappa shape index (κ1) is 14.7. The Labute approximate surface area is 108 Å². The summed E-state index contributed by atoms with van der Waals surface area (Å²) >= 11 is 0. The molecule has 1 amide bonds. The van der Waals surface area contributed by atoms with E-state index in [0.717, 1.165) is 6.42 Å². The summed E-state index contributed by atoms with van der Waals surface area (Å²) < 4.78 is 0. The number of carbonyl (C=O) groups excluding carboxylic acids is 1. The van der Waals surface area contributed by atoms with E-state index < -0.39 is 0 Å². The Morgan fingerprint density at radius 2 is 2.00 bits per heavy atom. The molecule has 0 bridgehead atoms. The van der Waals surface area contributed by atoms with Crippen molar-refractivity contribution >= 4 is 5.91 Å². The lowest BCUT2D eigenvalue weighted by molar-refractivity contribution is -0.121. The second-order valence-corrected chi connectivity index (χ2v) is 4.39. The van der Waals surface area contributed by atoms with E-state index in [1.165, 1.54) is 5.56 Å². The minimum atomic E-state index is -0.348. The van der Waals surface area contributed by atoms with Crippen LogP contribution in [0.1, 0.15) is 18.9 Å². The highest BCUT2D eigenvalue weighted by atomic mass is 16.3. The predicted octanol–water partition coefficient (Wildman–Crippen LogP) is 0.706. The van der Waals surface area contributed by atoms with Crippen LogP contribution in [0.5, 0.6) is 0 Å². The van der Waals surface area contributed by atoms with Crippen molar-refractivity contribution in [3.05, 3.63) is 35.9 Å². The summed E-state index contributed by atoms with van der Waals surface area (Å²) in [6.07, 6.45) is 0.938. The number of aryl methyl sites for hydroxylation is 1. The molecule has 0 aliphatic carbocycles. The number of nitrogens with one attached hydrogen (secondary N) is 2. The summed E-state index contributed by atoms with van der Waals surface area (Å²) in [5.41, 5.74) is 1.18. The fourth-order valence-corrected chi connectivity index (χ4v) is 1.59. The van der Waals surface area contributed by atoms with E-state index in [9.17, 15) is 4.79 Å². The molecule has 1 atom stereocenters. The van der Waals surface area contributed by atoms with Crippen LogP contribution in [0.2, 0.25) is 0 Å². The smallest absolute Gasteiger partial charge is 0.220 e. The Hall–Kier alpha value is -1.39. The van der Waals surface area contributed by atoms with Crippen molar-refractivity contribution in [1.29, 1.82) is 0 Å². The molecule has 0 saturated heterocycles. The highest BCUT2D eigenvalue weighted by molar-refractivity contribution is 5.76. The fourth-order valence-electron chi connectivity index (χ4n) is 1.59. The van der Waals surface area contributed by atoms with Gasteiger partial charge >= 0.3 is 0 Å². The number of benzene rings is 1. The number of hydrogen-bond donors (Lipinski definition) is 3. The maximum Gasteiger partial charge on any atom is 0.220 e. The van der Waals surface area contributed by atoms with Gasteiger partial charge in [0.25, 0.3) is 0 Å². The number of amides is 1. The van der Waals surface area contributed by atoms with Crippen molar-refractivity contribution in [3.63, 3.8) is 0 Å². The fraction of sp³-hybridized carbons (Fsp3) is 0.500. The molecule has 0 aromatic heterocycles. The van der Waals surface area contributed by atoms with Gasteiger partial charge in [0.05, 0.1) is 6.10 Å². The zero-order valence-electron chi connectivity index (χ0n) is 10.9. The van der Waals surface area contributed by atoms with E-state index >= 15 is 0 Å². The lowest BCUT2D eigenvalue weighted by Crippen LogP contribution is -2.34. The summed E-state index contributed by atoms with van der Waals surface area (Å²) in [7, 11) is 0. The molecule has 4 nitrogen and oxygen atoms in total.